The molecule has 6 heteroatoms. The van der Waals surface area contributed by atoms with Crippen molar-refractivity contribution >= 4 is 5.91 Å². The topological polar surface area (TPSA) is 81.8 Å². The normalized spacial score (nSPS) is 11.9. The van der Waals surface area contributed by atoms with Gasteiger partial charge in [0.1, 0.15) is 0 Å². The van der Waals surface area contributed by atoms with Gasteiger partial charge < -0.3 is 16.0 Å². The fraction of sp³-hybridized carbons (Fsp3) is 0.304. The van der Waals surface area contributed by atoms with E-state index in [-0.39, 0.29) is 12.1 Å². The van der Waals surface area contributed by atoms with Gasteiger partial charge in [-0.15, -0.1) is 0 Å². The lowest BCUT2D eigenvalue weighted by Gasteiger charge is -2.11. The minimum absolute atomic E-state index is 0.128. The van der Waals surface area contributed by atoms with E-state index in [1.807, 2.05) is 13.0 Å². The van der Waals surface area contributed by atoms with Crippen molar-refractivity contribution in [1.29, 1.82) is 0 Å². The van der Waals surface area contributed by atoms with E-state index in [1.54, 1.807) is 19.2 Å². The number of nitrogens with zero attached hydrogens (tertiary/aromatic N) is 1. The van der Waals surface area contributed by atoms with E-state index in [4.69, 9.17) is 0 Å². The van der Waals surface area contributed by atoms with Gasteiger partial charge in [0.15, 0.2) is 0 Å². The molecular formula is C23H27N5O. The molecule has 0 radical (unpaired) electrons. The van der Waals surface area contributed by atoms with Crippen molar-refractivity contribution in [3.8, 4) is 22.5 Å². The summed E-state index contributed by atoms with van der Waals surface area (Å²) < 4.78 is 0. The van der Waals surface area contributed by atoms with Crippen molar-refractivity contribution in [1.82, 2.24) is 26.1 Å². The standard InChI is InChI=1S/C23H27N5O/c1-15(2)25-14-17-8-10-18(11-9-17)21-13-22(28-27-21)19-6-5-7-20(12-19)23(29)26-16(3)24-4/h6,8-13,15-16,24-25H,14H2,1-4H3,(H,26,29)(H,27,28). The summed E-state index contributed by atoms with van der Waals surface area (Å²) >= 11 is 0. The zero-order valence-electron chi connectivity index (χ0n) is 17.3. The minimum Gasteiger partial charge on any atom is -0.336 e. The molecule has 1 amide bonds. The highest BCUT2D eigenvalue weighted by Crippen LogP contribution is 2.24. The van der Waals surface area contributed by atoms with E-state index in [1.165, 1.54) is 5.56 Å². The van der Waals surface area contributed by atoms with Gasteiger partial charge in [0, 0.05) is 23.7 Å². The van der Waals surface area contributed by atoms with Crippen LogP contribution >= 0.6 is 0 Å². The van der Waals surface area contributed by atoms with E-state index in [0.717, 1.165) is 29.1 Å². The summed E-state index contributed by atoms with van der Waals surface area (Å²) in [5, 5.41) is 16.7. The van der Waals surface area contributed by atoms with Crippen molar-refractivity contribution in [3.05, 3.63) is 65.7 Å². The van der Waals surface area contributed by atoms with E-state index >= 15 is 0 Å². The van der Waals surface area contributed by atoms with Gasteiger partial charge in [0.05, 0.1) is 23.1 Å². The molecule has 3 aromatic rings. The van der Waals surface area contributed by atoms with Gasteiger partial charge in [0.2, 0.25) is 0 Å². The highest BCUT2D eigenvalue weighted by Gasteiger charge is 2.11. The first kappa shape index (κ1) is 20.6. The molecule has 1 unspecified atom stereocenters. The molecule has 0 spiro atoms. The highest BCUT2D eigenvalue weighted by molar-refractivity contribution is 5.94. The Labute approximate surface area is 172 Å². The first-order chi connectivity index (χ1) is 14.0. The third-order valence-corrected chi connectivity index (χ3v) is 4.61. The van der Waals surface area contributed by atoms with Crippen molar-refractivity contribution < 1.29 is 4.79 Å². The Hall–Kier alpha value is -3.14. The number of benzene rings is 1. The second-order valence-electron chi connectivity index (χ2n) is 7.31. The number of rotatable bonds is 8. The zero-order chi connectivity index (χ0) is 20.8. The molecule has 1 heterocycles. The number of aromatic nitrogens is 2. The summed E-state index contributed by atoms with van der Waals surface area (Å²) in [5.41, 5.74) is 5.22. The summed E-state index contributed by atoms with van der Waals surface area (Å²) in [6.07, 6.45) is -0.128. The van der Waals surface area contributed by atoms with Crippen molar-refractivity contribution in [3.63, 3.8) is 0 Å². The van der Waals surface area contributed by atoms with Crippen LogP contribution in [0.25, 0.3) is 22.5 Å². The lowest BCUT2D eigenvalue weighted by atomic mass is 10.1. The van der Waals surface area contributed by atoms with Crippen LogP contribution in [0, 0.1) is 12.1 Å². The largest absolute Gasteiger partial charge is 0.336 e. The Morgan fingerprint density at radius 2 is 1.90 bits per heavy atom. The monoisotopic (exact) mass is 389 g/mol. The summed E-state index contributed by atoms with van der Waals surface area (Å²) in [6.45, 7) is 6.98. The van der Waals surface area contributed by atoms with Crippen molar-refractivity contribution in [2.75, 3.05) is 7.05 Å². The van der Waals surface area contributed by atoms with Crippen LogP contribution in [0.2, 0.25) is 0 Å². The van der Waals surface area contributed by atoms with Gasteiger partial charge in [-0.3, -0.25) is 9.89 Å². The van der Waals surface area contributed by atoms with Crippen molar-refractivity contribution in [2.24, 2.45) is 0 Å². The summed E-state index contributed by atoms with van der Waals surface area (Å²) in [6, 6.07) is 20.1. The summed E-state index contributed by atoms with van der Waals surface area (Å²) in [4.78, 5) is 12.3. The molecule has 0 saturated carbocycles. The number of amides is 1. The van der Waals surface area contributed by atoms with Gasteiger partial charge in [-0.05, 0) is 37.7 Å². The average Bonchev–Trinajstić information content (AvgIpc) is 3.23. The molecule has 3 rings (SSSR count). The van der Waals surface area contributed by atoms with Crippen LogP contribution in [0.1, 0.15) is 36.7 Å². The second kappa shape index (κ2) is 9.37. The van der Waals surface area contributed by atoms with Crippen molar-refractivity contribution in [2.45, 2.75) is 39.5 Å². The highest BCUT2D eigenvalue weighted by atomic mass is 16.1. The van der Waals surface area contributed by atoms with E-state index in [9.17, 15) is 4.79 Å². The number of hydrogen-bond acceptors (Lipinski definition) is 4. The summed E-state index contributed by atoms with van der Waals surface area (Å²) in [5.74, 6) is -0.199. The quantitative estimate of drug-likeness (QED) is 0.446. The number of carbonyl (C=O) groups excluding carboxylic acids is 1. The molecule has 1 atom stereocenters. The lowest BCUT2D eigenvalue weighted by molar-refractivity contribution is 0.0935. The molecular weight excluding hydrogens is 362 g/mol. The molecule has 6 nitrogen and oxygen atoms in total. The maximum Gasteiger partial charge on any atom is 0.261 e. The third kappa shape index (κ3) is 5.44. The van der Waals surface area contributed by atoms with Gasteiger partial charge in [-0.25, -0.2) is 0 Å². The van der Waals surface area contributed by atoms with E-state index in [0.29, 0.717) is 11.6 Å². The zero-order valence-corrected chi connectivity index (χ0v) is 17.3. The maximum absolute atomic E-state index is 12.3. The number of aromatic amines is 1. The second-order valence-corrected chi connectivity index (χ2v) is 7.31. The molecule has 2 aromatic carbocycles. The molecule has 1 aromatic heterocycles. The molecule has 0 aliphatic heterocycles. The predicted molar refractivity (Wildman–Crippen MR) is 115 cm³/mol. The van der Waals surface area contributed by atoms with Crippen LogP contribution in [-0.2, 0) is 6.54 Å². The Kier molecular flexibility index (Phi) is 6.65. The third-order valence-electron chi connectivity index (χ3n) is 4.61. The minimum atomic E-state index is -0.199. The Morgan fingerprint density at radius 1 is 1.14 bits per heavy atom. The number of nitrogens with one attached hydrogen (secondary N) is 4. The predicted octanol–water partition coefficient (Wildman–Crippen LogP) is 3.14. The Morgan fingerprint density at radius 3 is 2.59 bits per heavy atom. The van der Waals surface area contributed by atoms with Crippen LogP contribution in [-0.4, -0.2) is 35.4 Å². The van der Waals surface area contributed by atoms with E-state index in [2.05, 4.69) is 76.4 Å². The number of carbonyl (C=O) groups is 1. The Bertz CT molecular complexity index is 946. The van der Waals surface area contributed by atoms with Crippen LogP contribution in [0.3, 0.4) is 0 Å². The van der Waals surface area contributed by atoms with Crippen LogP contribution < -0.4 is 16.0 Å². The molecule has 0 bridgehead atoms. The maximum atomic E-state index is 12.3. The molecule has 150 valence electrons. The van der Waals surface area contributed by atoms with Crippen LogP contribution in [0.15, 0.2) is 42.5 Å². The van der Waals surface area contributed by atoms with Crippen LogP contribution in [0.4, 0.5) is 0 Å². The fourth-order valence-corrected chi connectivity index (χ4v) is 2.78. The number of H-pyrrole nitrogens is 1. The SMILES string of the molecule is CNC(C)NC(=O)c1c#ccc(-c2cc(-c3ccc(CNC(C)C)cc3)n[nH]2)c1. The molecule has 4 N–H and O–H groups in total. The van der Waals surface area contributed by atoms with Gasteiger partial charge in [0.25, 0.3) is 5.91 Å². The van der Waals surface area contributed by atoms with Gasteiger partial charge in [-0.2, -0.15) is 5.10 Å². The van der Waals surface area contributed by atoms with Crippen LogP contribution in [0.5, 0.6) is 0 Å². The molecule has 0 fully saturated rings. The first-order valence-electron chi connectivity index (χ1n) is 9.76. The van der Waals surface area contributed by atoms with E-state index < -0.39 is 0 Å². The first-order valence-corrected chi connectivity index (χ1v) is 9.76. The Balaban J connectivity index is 1.74. The number of hydrogen-bond donors (Lipinski definition) is 4. The molecule has 0 aliphatic carbocycles. The van der Waals surface area contributed by atoms with Gasteiger partial charge >= 0.3 is 0 Å². The average molecular weight is 390 g/mol. The lowest BCUT2D eigenvalue weighted by Crippen LogP contribution is -2.41. The fourth-order valence-electron chi connectivity index (χ4n) is 2.78. The molecule has 29 heavy (non-hydrogen) atoms. The molecule has 0 aliphatic rings. The van der Waals surface area contributed by atoms with Gasteiger partial charge in [-0.1, -0.05) is 50.2 Å². The summed E-state index contributed by atoms with van der Waals surface area (Å²) in [7, 11) is 1.79. The molecule has 0 saturated heterocycles. The smallest absolute Gasteiger partial charge is 0.261 e.